The Morgan fingerprint density at radius 1 is 1.00 bits per heavy atom. The minimum Gasteiger partial charge on any atom is -0.508 e. The van der Waals surface area contributed by atoms with Crippen LogP contribution in [-0.2, 0) is 4.79 Å². The second-order valence-corrected chi connectivity index (χ2v) is 4.52. The van der Waals surface area contributed by atoms with E-state index in [1.165, 1.54) is 6.92 Å². The van der Waals surface area contributed by atoms with Gasteiger partial charge in [-0.05, 0) is 35.8 Å². The molecular weight excluding hydrogens is 236 g/mol. The highest BCUT2D eigenvalue weighted by Gasteiger charge is 2.20. The lowest BCUT2D eigenvalue weighted by molar-refractivity contribution is -0.113. The molecule has 0 heterocycles. The number of hydrogen-bond donors (Lipinski definition) is 1. The molecular formula is C17H16O2. The highest BCUT2D eigenvalue weighted by atomic mass is 16.3. The van der Waals surface area contributed by atoms with E-state index >= 15 is 0 Å². The molecule has 0 aliphatic rings. The summed E-state index contributed by atoms with van der Waals surface area (Å²) < 4.78 is 0. The van der Waals surface area contributed by atoms with E-state index in [2.05, 4.69) is 6.58 Å². The molecule has 2 aromatic rings. The molecule has 2 heteroatoms. The number of hydrogen-bond acceptors (Lipinski definition) is 2. The van der Waals surface area contributed by atoms with Gasteiger partial charge >= 0.3 is 0 Å². The Balaban J connectivity index is 2.49. The van der Waals surface area contributed by atoms with E-state index in [4.69, 9.17) is 0 Å². The molecule has 1 N–H and O–H groups in total. The molecule has 0 spiro atoms. The van der Waals surface area contributed by atoms with Gasteiger partial charge in [0.2, 0.25) is 0 Å². The molecule has 2 nitrogen and oxygen atoms in total. The molecule has 2 aromatic carbocycles. The predicted octanol–water partition coefficient (Wildman–Crippen LogP) is 3.67. The van der Waals surface area contributed by atoms with Crippen LogP contribution >= 0.6 is 0 Å². The molecule has 0 saturated carbocycles. The van der Waals surface area contributed by atoms with Crippen LogP contribution in [0, 0.1) is 0 Å². The number of phenols is 1. The molecule has 0 bridgehead atoms. The number of allylic oxidation sites excluding steroid dienone is 1. The Hall–Kier alpha value is -2.35. The maximum Gasteiger partial charge on any atom is 0.156 e. The summed E-state index contributed by atoms with van der Waals surface area (Å²) in [6, 6.07) is 16.7. The second kappa shape index (κ2) is 5.53. The van der Waals surface area contributed by atoms with Crippen LogP contribution in [0.5, 0.6) is 5.75 Å². The molecule has 96 valence electrons. The fourth-order valence-corrected chi connectivity index (χ4v) is 2.11. The molecule has 0 radical (unpaired) electrons. The Morgan fingerprint density at radius 3 is 2.05 bits per heavy atom. The lowest BCUT2D eigenvalue weighted by Crippen LogP contribution is -2.09. The molecule has 0 amide bonds. The number of Topliss-reactive ketones (excluding diaryl/α,β-unsaturated/α-hetero) is 1. The largest absolute Gasteiger partial charge is 0.508 e. The molecule has 1 atom stereocenters. The number of phenolic OH excluding ortho intramolecular Hbond substituents is 1. The Bertz CT molecular complexity index is 582. The summed E-state index contributed by atoms with van der Waals surface area (Å²) in [5.41, 5.74) is 2.52. The summed E-state index contributed by atoms with van der Waals surface area (Å²) in [5, 5.41) is 9.37. The van der Waals surface area contributed by atoms with E-state index in [0.29, 0.717) is 5.57 Å². The average molecular weight is 252 g/mol. The van der Waals surface area contributed by atoms with E-state index in [1.807, 2.05) is 42.5 Å². The normalized spacial score (nSPS) is 11.8. The zero-order valence-electron chi connectivity index (χ0n) is 10.8. The van der Waals surface area contributed by atoms with E-state index in [9.17, 15) is 9.90 Å². The molecule has 2 rings (SSSR count). The predicted molar refractivity (Wildman–Crippen MR) is 76.2 cm³/mol. The van der Waals surface area contributed by atoms with Crippen molar-refractivity contribution in [2.75, 3.05) is 0 Å². The maximum atomic E-state index is 11.6. The zero-order chi connectivity index (χ0) is 13.8. The van der Waals surface area contributed by atoms with E-state index < -0.39 is 0 Å². The fourth-order valence-electron chi connectivity index (χ4n) is 2.11. The molecule has 0 aliphatic carbocycles. The van der Waals surface area contributed by atoms with Gasteiger partial charge in [-0.25, -0.2) is 0 Å². The number of rotatable bonds is 4. The van der Waals surface area contributed by atoms with Crippen molar-refractivity contribution in [3.05, 3.63) is 77.9 Å². The lowest BCUT2D eigenvalue weighted by atomic mass is 9.84. The van der Waals surface area contributed by atoms with Crippen LogP contribution in [0.3, 0.4) is 0 Å². The summed E-state index contributed by atoms with van der Waals surface area (Å²) in [5.74, 6) is 0.0187. The topological polar surface area (TPSA) is 37.3 Å². The van der Waals surface area contributed by atoms with Crippen molar-refractivity contribution in [3.8, 4) is 5.75 Å². The first kappa shape index (κ1) is 13.1. The highest BCUT2D eigenvalue weighted by Crippen LogP contribution is 2.32. The standard InChI is InChI=1S/C17H16O2/c1-12(13(2)18)17(14-6-4-3-5-7-14)15-8-10-16(19)11-9-15/h3-11,17,19H,1H2,2H3/t17-/m1/s1. The fraction of sp³-hybridized carbons (Fsp3) is 0.118. The summed E-state index contributed by atoms with van der Waals surface area (Å²) in [6.07, 6.45) is 0. The number of ketones is 1. The van der Waals surface area contributed by atoms with Crippen molar-refractivity contribution in [2.45, 2.75) is 12.8 Å². The average Bonchev–Trinajstić information content (AvgIpc) is 2.42. The van der Waals surface area contributed by atoms with Crippen molar-refractivity contribution >= 4 is 5.78 Å². The summed E-state index contributed by atoms with van der Waals surface area (Å²) >= 11 is 0. The molecule has 0 aromatic heterocycles. The van der Waals surface area contributed by atoms with Crippen LogP contribution in [0.25, 0.3) is 0 Å². The third kappa shape index (κ3) is 2.91. The Kier molecular flexibility index (Phi) is 3.81. The molecule has 0 aliphatic heterocycles. The number of carbonyl (C=O) groups excluding carboxylic acids is 1. The Morgan fingerprint density at radius 2 is 1.53 bits per heavy atom. The molecule has 0 fully saturated rings. The smallest absolute Gasteiger partial charge is 0.156 e. The maximum absolute atomic E-state index is 11.6. The second-order valence-electron chi connectivity index (χ2n) is 4.52. The number of aromatic hydroxyl groups is 1. The van der Waals surface area contributed by atoms with Crippen molar-refractivity contribution in [1.29, 1.82) is 0 Å². The van der Waals surface area contributed by atoms with Gasteiger partial charge in [0.15, 0.2) is 5.78 Å². The van der Waals surface area contributed by atoms with Crippen LogP contribution in [0.2, 0.25) is 0 Å². The zero-order valence-corrected chi connectivity index (χ0v) is 10.8. The minimum absolute atomic E-state index is 0.0260. The van der Waals surface area contributed by atoms with E-state index in [0.717, 1.165) is 11.1 Å². The van der Waals surface area contributed by atoms with Crippen molar-refractivity contribution in [3.63, 3.8) is 0 Å². The van der Waals surface area contributed by atoms with Gasteiger partial charge in [0.1, 0.15) is 5.75 Å². The van der Waals surface area contributed by atoms with Crippen LogP contribution in [0.4, 0.5) is 0 Å². The quantitative estimate of drug-likeness (QED) is 0.843. The first-order valence-corrected chi connectivity index (χ1v) is 6.13. The highest BCUT2D eigenvalue weighted by molar-refractivity contribution is 5.95. The van der Waals surface area contributed by atoms with E-state index in [-0.39, 0.29) is 17.5 Å². The van der Waals surface area contributed by atoms with Gasteiger partial charge in [0.05, 0.1) is 0 Å². The van der Waals surface area contributed by atoms with Crippen molar-refractivity contribution in [1.82, 2.24) is 0 Å². The summed E-state index contributed by atoms with van der Waals surface area (Å²) in [7, 11) is 0. The van der Waals surface area contributed by atoms with Gasteiger partial charge in [0.25, 0.3) is 0 Å². The van der Waals surface area contributed by atoms with Gasteiger partial charge in [-0.1, -0.05) is 49.0 Å². The third-order valence-corrected chi connectivity index (χ3v) is 3.16. The van der Waals surface area contributed by atoms with E-state index in [1.54, 1.807) is 12.1 Å². The first-order chi connectivity index (χ1) is 9.09. The molecule has 0 unspecified atom stereocenters. The third-order valence-electron chi connectivity index (χ3n) is 3.16. The summed E-state index contributed by atoms with van der Waals surface area (Å²) in [6.45, 7) is 5.44. The van der Waals surface area contributed by atoms with Gasteiger partial charge in [-0.15, -0.1) is 0 Å². The van der Waals surface area contributed by atoms with Crippen LogP contribution in [-0.4, -0.2) is 10.9 Å². The van der Waals surface area contributed by atoms with Gasteiger partial charge < -0.3 is 5.11 Å². The molecule has 0 saturated heterocycles. The van der Waals surface area contributed by atoms with Crippen molar-refractivity contribution < 1.29 is 9.90 Å². The van der Waals surface area contributed by atoms with Gasteiger partial charge in [0, 0.05) is 5.92 Å². The lowest BCUT2D eigenvalue weighted by Gasteiger charge is -2.19. The van der Waals surface area contributed by atoms with Gasteiger partial charge in [-0.2, -0.15) is 0 Å². The SMILES string of the molecule is C=C(C(C)=O)[C@H](c1ccccc1)c1ccc(O)cc1. The summed E-state index contributed by atoms with van der Waals surface area (Å²) in [4.78, 5) is 11.6. The minimum atomic E-state index is -0.167. The van der Waals surface area contributed by atoms with Crippen molar-refractivity contribution in [2.24, 2.45) is 0 Å². The van der Waals surface area contributed by atoms with Crippen LogP contribution in [0.15, 0.2) is 66.7 Å². The monoisotopic (exact) mass is 252 g/mol. The number of carbonyl (C=O) groups is 1. The molecule has 19 heavy (non-hydrogen) atoms. The van der Waals surface area contributed by atoms with Crippen LogP contribution in [0.1, 0.15) is 24.0 Å². The Labute approximate surface area is 113 Å². The van der Waals surface area contributed by atoms with Gasteiger partial charge in [-0.3, -0.25) is 4.79 Å². The number of benzene rings is 2. The first-order valence-electron chi connectivity index (χ1n) is 6.13. The van der Waals surface area contributed by atoms with Crippen LogP contribution < -0.4 is 0 Å².